The van der Waals surface area contributed by atoms with Crippen molar-refractivity contribution in [2.24, 2.45) is 0 Å². The van der Waals surface area contributed by atoms with E-state index in [4.69, 9.17) is 0 Å². The summed E-state index contributed by atoms with van der Waals surface area (Å²) in [6.45, 7) is 0. The van der Waals surface area contributed by atoms with E-state index >= 15 is 0 Å². The Morgan fingerprint density at radius 1 is 0.833 bits per heavy atom. The lowest BCUT2D eigenvalue weighted by Gasteiger charge is -2.06. The van der Waals surface area contributed by atoms with Crippen LogP contribution in [0.2, 0.25) is 0 Å². The van der Waals surface area contributed by atoms with Gasteiger partial charge < -0.3 is 0 Å². The van der Waals surface area contributed by atoms with Crippen LogP contribution in [-0.2, 0) is 0 Å². The minimum absolute atomic E-state index is 0.878. The number of hydrogen-bond acceptors (Lipinski definition) is 0. The SMILES string of the molecule is BrC/C=C(\CBr)c1ccc(-c2ccccc2)cc1. The summed E-state index contributed by atoms with van der Waals surface area (Å²) >= 11 is 6.97. The summed E-state index contributed by atoms with van der Waals surface area (Å²) in [5.41, 5.74) is 5.10. The van der Waals surface area contributed by atoms with Crippen LogP contribution in [0.4, 0.5) is 0 Å². The third-order valence-electron chi connectivity index (χ3n) is 2.83. The van der Waals surface area contributed by atoms with E-state index in [0.29, 0.717) is 0 Å². The molecule has 0 nitrogen and oxygen atoms in total. The molecule has 0 spiro atoms. The zero-order valence-electron chi connectivity index (χ0n) is 9.94. The van der Waals surface area contributed by atoms with Gasteiger partial charge in [0.05, 0.1) is 0 Å². The monoisotopic (exact) mass is 364 g/mol. The number of halogens is 2. The van der Waals surface area contributed by atoms with E-state index in [1.807, 2.05) is 6.07 Å². The summed E-state index contributed by atoms with van der Waals surface area (Å²) in [7, 11) is 0. The second-order valence-electron chi connectivity index (χ2n) is 3.96. The zero-order valence-corrected chi connectivity index (χ0v) is 13.1. The average Bonchev–Trinajstić information content (AvgIpc) is 2.46. The first-order valence-electron chi connectivity index (χ1n) is 5.82. The first-order valence-corrected chi connectivity index (χ1v) is 8.06. The van der Waals surface area contributed by atoms with Crippen molar-refractivity contribution in [3.05, 3.63) is 66.2 Å². The average molecular weight is 366 g/mol. The van der Waals surface area contributed by atoms with E-state index in [1.165, 1.54) is 22.3 Å². The fourth-order valence-electron chi connectivity index (χ4n) is 1.85. The topological polar surface area (TPSA) is 0 Å². The van der Waals surface area contributed by atoms with Crippen molar-refractivity contribution in [3.63, 3.8) is 0 Å². The molecule has 0 radical (unpaired) electrons. The van der Waals surface area contributed by atoms with E-state index in [0.717, 1.165) is 10.7 Å². The molecule has 0 heterocycles. The molecular weight excluding hydrogens is 352 g/mol. The van der Waals surface area contributed by atoms with Gasteiger partial charge in [-0.3, -0.25) is 0 Å². The lowest BCUT2D eigenvalue weighted by Crippen LogP contribution is -1.87. The molecule has 2 aromatic carbocycles. The number of benzene rings is 2. The minimum Gasteiger partial charge on any atom is -0.0883 e. The highest BCUT2D eigenvalue weighted by atomic mass is 79.9. The van der Waals surface area contributed by atoms with Gasteiger partial charge in [0.15, 0.2) is 0 Å². The molecule has 2 heteroatoms. The van der Waals surface area contributed by atoms with E-state index in [9.17, 15) is 0 Å². The van der Waals surface area contributed by atoms with Gasteiger partial charge in [-0.2, -0.15) is 0 Å². The third-order valence-corrected chi connectivity index (χ3v) is 3.76. The molecule has 92 valence electrons. The maximum atomic E-state index is 3.53. The Kier molecular flexibility index (Phi) is 5.21. The van der Waals surface area contributed by atoms with Crippen LogP contribution in [0.5, 0.6) is 0 Å². The van der Waals surface area contributed by atoms with Gasteiger partial charge in [0.2, 0.25) is 0 Å². The Morgan fingerprint density at radius 2 is 1.44 bits per heavy atom. The molecule has 0 aliphatic rings. The normalized spacial score (nSPS) is 11.6. The molecule has 0 aliphatic carbocycles. The lowest BCUT2D eigenvalue weighted by molar-refractivity contribution is 1.55. The van der Waals surface area contributed by atoms with Gasteiger partial charge in [-0.05, 0) is 22.3 Å². The zero-order chi connectivity index (χ0) is 12.8. The summed E-state index contributed by atoms with van der Waals surface area (Å²) in [6.07, 6.45) is 2.19. The minimum atomic E-state index is 0.878. The van der Waals surface area contributed by atoms with Crippen molar-refractivity contribution < 1.29 is 0 Å². The largest absolute Gasteiger partial charge is 0.0883 e. The molecule has 0 amide bonds. The predicted molar refractivity (Wildman–Crippen MR) is 87.4 cm³/mol. The predicted octanol–water partition coefficient (Wildman–Crippen LogP) is 5.53. The molecule has 0 saturated heterocycles. The Morgan fingerprint density at radius 3 is 2.00 bits per heavy atom. The van der Waals surface area contributed by atoms with Crippen molar-refractivity contribution in [2.75, 3.05) is 10.7 Å². The summed E-state index contributed by atoms with van der Waals surface area (Å²) in [5.74, 6) is 0. The molecule has 0 aliphatic heterocycles. The quantitative estimate of drug-likeness (QED) is 0.625. The van der Waals surface area contributed by atoms with Gasteiger partial charge in [0.25, 0.3) is 0 Å². The third kappa shape index (κ3) is 3.33. The Bertz CT molecular complexity index is 513. The van der Waals surface area contributed by atoms with Gasteiger partial charge in [0, 0.05) is 10.7 Å². The smallest absolute Gasteiger partial charge is 0.0286 e. The van der Waals surface area contributed by atoms with E-state index in [-0.39, 0.29) is 0 Å². The highest BCUT2D eigenvalue weighted by molar-refractivity contribution is 9.09. The first-order chi connectivity index (χ1) is 8.85. The van der Waals surface area contributed by atoms with Crippen molar-refractivity contribution in [1.29, 1.82) is 0 Å². The second-order valence-corrected chi connectivity index (χ2v) is 5.17. The van der Waals surface area contributed by atoms with Gasteiger partial charge in [-0.15, -0.1) is 0 Å². The molecule has 2 rings (SSSR count). The maximum Gasteiger partial charge on any atom is 0.0286 e. The fourth-order valence-corrected chi connectivity index (χ4v) is 2.79. The van der Waals surface area contributed by atoms with E-state index in [2.05, 4.69) is 86.5 Å². The molecule has 0 unspecified atom stereocenters. The van der Waals surface area contributed by atoms with Crippen LogP contribution in [0.15, 0.2) is 60.7 Å². The molecule has 0 aromatic heterocycles. The van der Waals surface area contributed by atoms with Crippen LogP contribution in [0.25, 0.3) is 16.7 Å². The second kappa shape index (κ2) is 6.91. The highest BCUT2D eigenvalue weighted by Gasteiger charge is 2.01. The van der Waals surface area contributed by atoms with Crippen LogP contribution in [0, 0.1) is 0 Å². The van der Waals surface area contributed by atoms with Crippen LogP contribution in [0.3, 0.4) is 0 Å². The van der Waals surface area contributed by atoms with Gasteiger partial charge in [-0.1, -0.05) is 92.5 Å². The van der Waals surface area contributed by atoms with Crippen molar-refractivity contribution >= 4 is 37.4 Å². The van der Waals surface area contributed by atoms with Crippen molar-refractivity contribution in [1.82, 2.24) is 0 Å². The maximum absolute atomic E-state index is 3.53. The van der Waals surface area contributed by atoms with E-state index < -0.39 is 0 Å². The Labute approximate surface area is 125 Å². The fraction of sp³-hybridized carbons (Fsp3) is 0.125. The number of hydrogen-bond donors (Lipinski definition) is 0. The number of rotatable bonds is 4. The summed E-state index contributed by atoms with van der Waals surface area (Å²) < 4.78 is 0. The van der Waals surface area contributed by atoms with Gasteiger partial charge in [0.1, 0.15) is 0 Å². The van der Waals surface area contributed by atoms with Crippen molar-refractivity contribution in [2.45, 2.75) is 0 Å². The molecule has 0 bridgehead atoms. The molecule has 0 N–H and O–H groups in total. The number of alkyl halides is 2. The van der Waals surface area contributed by atoms with Gasteiger partial charge in [-0.25, -0.2) is 0 Å². The van der Waals surface area contributed by atoms with Crippen LogP contribution in [-0.4, -0.2) is 10.7 Å². The standard InChI is InChI=1S/C16H14Br2/c17-11-10-16(12-18)15-8-6-14(7-9-15)13-4-2-1-3-5-13/h1-10H,11-12H2/b16-10+. The van der Waals surface area contributed by atoms with Crippen LogP contribution in [0.1, 0.15) is 5.56 Å². The first kappa shape index (κ1) is 13.6. The molecule has 0 fully saturated rings. The molecular formula is C16H14Br2. The van der Waals surface area contributed by atoms with Crippen LogP contribution < -0.4 is 0 Å². The Hall–Kier alpha value is -0.860. The molecule has 0 saturated carbocycles. The lowest BCUT2D eigenvalue weighted by atomic mass is 10.0. The molecule has 18 heavy (non-hydrogen) atoms. The molecule has 0 atom stereocenters. The Balaban J connectivity index is 2.28. The molecule has 2 aromatic rings. The van der Waals surface area contributed by atoms with Gasteiger partial charge >= 0.3 is 0 Å². The van der Waals surface area contributed by atoms with Crippen LogP contribution >= 0.6 is 31.9 Å². The van der Waals surface area contributed by atoms with Crippen molar-refractivity contribution in [3.8, 4) is 11.1 Å². The number of allylic oxidation sites excluding steroid dienone is 2. The summed E-state index contributed by atoms with van der Waals surface area (Å²) in [4.78, 5) is 0. The van der Waals surface area contributed by atoms with E-state index in [1.54, 1.807) is 0 Å². The summed E-state index contributed by atoms with van der Waals surface area (Å²) in [6, 6.07) is 19.2. The highest BCUT2D eigenvalue weighted by Crippen LogP contribution is 2.23. The summed E-state index contributed by atoms with van der Waals surface area (Å²) in [5, 5.41) is 1.76.